The second-order valence-corrected chi connectivity index (χ2v) is 5.16. The summed E-state index contributed by atoms with van der Waals surface area (Å²) in [6.07, 6.45) is 2.04. The van der Waals surface area contributed by atoms with Crippen molar-refractivity contribution in [3.63, 3.8) is 0 Å². The second-order valence-electron chi connectivity index (χ2n) is 5.16. The molecule has 0 amide bonds. The fourth-order valence-corrected chi connectivity index (χ4v) is 2.09. The quantitative estimate of drug-likeness (QED) is 0.864. The lowest BCUT2D eigenvalue weighted by molar-refractivity contribution is 0.373. The molecule has 0 aliphatic carbocycles. The highest BCUT2D eigenvalue weighted by atomic mass is 35.5. The molecule has 0 aliphatic rings. The maximum absolute atomic E-state index is 6.29. The van der Waals surface area contributed by atoms with E-state index in [0.717, 1.165) is 35.5 Å². The van der Waals surface area contributed by atoms with E-state index in [0.29, 0.717) is 5.92 Å². The van der Waals surface area contributed by atoms with Crippen molar-refractivity contribution in [1.29, 1.82) is 0 Å². The van der Waals surface area contributed by atoms with Gasteiger partial charge in [0, 0.05) is 6.04 Å². The summed E-state index contributed by atoms with van der Waals surface area (Å²) < 4.78 is 10.9. The Balaban J connectivity index is 0.00000324. The third-order valence-electron chi connectivity index (χ3n) is 3.11. The summed E-state index contributed by atoms with van der Waals surface area (Å²) >= 11 is 0. The molecule has 1 aromatic rings. The van der Waals surface area contributed by atoms with Crippen molar-refractivity contribution in [2.24, 2.45) is 11.7 Å². The van der Waals surface area contributed by atoms with Crippen LogP contribution in [0.2, 0.25) is 0 Å². The second kappa shape index (κ2) is 8.28. The van der Waals surface area contributed by atoms with Gasteiger partial charge < -0.3 is 15.2 Å². The van der Waals surface area contributed by atoms with Gasteiger partial charge in [0.05, 0.1) is 19.8 Å². The van der Waals surface area contributed by atoms with Gasteiger partial charge in [-0.15, -0.1) is 12.4 Å². The molecule has 0 fully saturated rings. The van der Waals surface area contributed by atoms with Gasteiger partial charge in [-0.05, 0) is 43.4 Å². The van der Waals surface area contributed by atoms with Crippen molar-refractivity contribution in [3.05, 3.63) is 23.3 Å². The van der Waals surface area contributed by atoms with Gasteiger partial charge in [0.25, 0.3) is 0 Å². The zero-order chi connectivity index (χ0) is 13.7. The summed E-state index contributed by atoms with van der Waals surface area (Å²) in [6, 6.07) is 3.97. The Hall–Kier alpha value is -0.930. The van der Waals surface area contributed by atoms with Gasteiger partial charge in [-0.2, -0.15) is 0 Å². The maximum atomic E-state index is 6.29. The molecular weight excluding hydrogens is 262 g/mol. The Morgan fingerprint density at radius 1 is 1.05 bits per heavy atom. The van der Waals surface area contributed by atoms with E-state index in [2.05, 4.69) is 13.8 Å². The molecule has 19 heavy (non-hydrogen) atoms. The van der Waals surface area contributed by atoms with Crippen LogP contribution in [0.5, 0.6) is 11.5 Å². The third-order valence-corrected chi connectivity index (χ3v) is 3.11. The molecule has 1 atom stereocenters. The number of aryl methyl sites for hydroxylation is 1. The fraction of sp³-hybridized carbons (Fsp3) is 0.600. The van der Waals surface area contributed by atoms with Crippen molar-refractivity contribution in [2.75, 3.05) is 14.2 Å². The smallest absolute Gasteiger partial charge is 0.127 e. The lowest BCUT2D eigenvalue weighted by atomic mass is 9.96. The predicted molar refractivity (Wildman–Crippen MR) is 82.5 cm³/mol. The SMILES string of the molecule is COc1cc(C)cc(OC)c1[C@H](N)CCC(C)C.Cl. The normalized spacial score (nSPS) is 11.9. The minimum Gasteiger partial charge on any atom is -0.496 e. The molecule has 0 aliphatic heterocycles. The van der Waals surface area contributed by atoms with E-state index in [1.165, 1.54) is 0 Å². The first-order valence-corrected chi connectivity index (χ1v) is 6.47. The van der Waals surface area contributed by atoms with E-state index in [1.807, 2.05) is 19.1 Å². The van der Waals surface area contributed by atoms with E-state index in [9.17, 15) is 0 Å². The van der Waals surface area contributed by atoms with Crippen LogP contribution >= 0.6 is 12.4 Å². The molecule has 0 saturated heterocycles. The number of halogens is 1. The van der Waals surface area contributed by atoms with Crippen molar-refractivity contribution < 1.29 is 9.47 Å². The van der Waals surface area contributed by atoms with Crippen LogP contribution in [0.15, 0.2) is 12.1 Å². The van der Waals surface area contributed by atoms with Gasteiger partial charge in [-0.25, -0.2) is 0 Å². The summed E-state index contributed by atoms with van der Waals surface area (Å²) in [5.74, 6) is 2.30. The first-order valence-electron chi connectivity index (χ1n) is 6.47. The predicted octanol–water partition coefficient (Wildman–Crippen LogP) is 3.87. The summed E-state index contributed by atoms with van der Waals surface area (Å²) in [6.45, 7) is 6.43. The Morgan fingerprint density at radius 3 is 1.89 bits per heavy atom. The number of methoxy groups -OCH3 is 2. The highest BCUT2D eigenvalue weighted by Gasteiger charge is 2.18. The molecular formula is C15H26ClNO2. The van der Waals surface area contributed by atoms with Crippen LogP contribution in [0, 0.1) is 12.8 Å². The Kier molecular flexibility index (Phi) is 7.88. The number of hydrogen-bond acceptors (Lipinski definition) is 3. The van der Waals surface area contributed by atoms with Gasteiger partial charge in [0.2, 0.25) is 0 Å². The van der Waals surface area contributed by atoms with Gasteiger partial charge in [-0.3, -0.25) is 0 Å². The van der Waals surface area contributed by atoms with Gasteiger partial charge in [0.15, 0.2) is 0 Å². The molecule has 4 heteroatoms. The molecule has 110 valence electrons. The van der Waals surface area contributed by atoms with Crippen LogP contribution < -0.4 is 15.2 Å². The zero-order valence-electron chi connectivity index (χ0n) is 12.5. The average Bonchev–Trinajstić information content (AvgIpc) is 2.34. The molecule has 0 radical (unpaired) electrons. The Morgan fingerprint density at radius 2 is 1.53 bits per heavy atom. The Labute approximate surface area is 122 Å². The number of benzene rings is 1. The molecule has 0 unspecified atom stereocenters. The van der Waals surface area contributed by atoms with E-state index in [1.54, 1.807) is 14.2 Å². The average molecular weight is 288 g/mol. The molecule has 1 aromatic carbocycles. The fourth-order valence-electron chi connectivity index (χ4n) is 2.09. The topological polar surface area (TPSA) is 44.5 Å². The van der Waals surface area contributed by atoms with E-state index in [4.69, 9.17) is 15.2 Å². The van der Waals surface area contributed by atoms with Crippen LogP contribution in [-0.2, 0) is 0 Å². The van der Waals surface area contributed by atoms with Crippen LogP contribution in [-0.4, -0.2) is 14.2 Å². The number of nitrogens with two attached hydrogens (primary N) is 1. The molecule has 0 saturated carbocycles. The highest BCUT2D eigenvalue weighted by Crippen LogP contribution is 2.36. The first kappa shape index (κ1) is 18.1. The summed E-state index contributed by atoms with van der Waals surface area (Å²) in [7, 11) is 3.35. The maximum Gasteiger partial charge on any atom is 0.127 e. The van der Waals surface area contributed by atoms with E-state index < -0.39 is 0 Å². The highest BCUT2D eigenvalue weighted by molar-refractivity contribution is 5.85. The molecule has 3 nitrogen and oxygen atoms in total. The monoisotopic (exact) mass is 287 g/mol. The first-order chi connectivity index (χ1) is 8.49. The molecule has 1 rings (SSSR count). The van der Waals surface area contributed by atoms with E-state index in [-0.39, 0.29) is 18.4 Å². The van der Waals surface area contributed by atoms with Gasteiger partial charge in [0.1, 0.15) is 11.5 Å². The largest absolute Gasteiger partial charge is 0.496 e. The minimum atomic E-state index is -0.0436. The number of rotatable bonds is 6. The summed E-state index contributed by atoms with van der Waals surface area (Å²) in [5, 5.41) is 0. The zero-order valence-corrected chi connectivity index (χ0v) is 13.3. The third kappa shape index (κ3) is 4.92. The van der Waals surface area contributed by atoms with Gasteiger partial charge >= 0.3 is 0 Å². The molecule has 0 spiro atoms. The molecule has 0 heterocycles. The lowest BCUT2D eigenvalue weighted by Gasteiger charge is -2.20. The van der Waals surface area contributed by atoms with Crippen molar-refractivity contribution >= 4 is 12.4 Å². The van der Waals surface area contributed by atoms with Crippen LogP contribution in [0.1, 0.15) is 43.9 Å². The standard InChI is InChI=1S/C15H25NO2.ClH/c1-10(2)6-7-12(16)15-13(17-4)8-11(3)9-14(15)18-5;/h8-10,12H,6-7,16H2,1-5H3;1H/t12-;/m1./s1. The van der Waals surface area contributed by atoms with Crippen LogP contribution in [0.3, 0.4) is 0 Å². The van der Waals surface area contributed by atoms with Crippen molar-refractivity contribution in [2.45, 2.75) is 39.7 Å². The number of ether oxygens (including phenoxy) is 2. The Bertz CT molecular complexity index is 369. The molecule has 0 aromatic heterocycles. The molecule has 2 N–H and O–H groups in total. The van der Waals surface area contributed by atoms with Crippen molar-refractivity contribution in [1.82, 2.24) is 0 Å². The summed E-state index contributed by atoms with van der Waals surface area (Å²) in [5.41, 5.74) is 8.38. The van der Waals surface area contributed by atoms with E-state index >= 15 is 0 Å². The van der Waals surface area contributed by atoms with Crippen LogP contribution in [0.4, 0.5) is 0 Å². The van der Waals surface area contributed by atoms with Crippen LogP contribution in [0.25, 0.3) is 0 Å². The number of hydrogen-bond donors (Lipinski definition) is 1. The lowest BCUT2D eigenvalue weighted by Crippen LogP contribution is -2.14. The van der Waals surface area contributed by atoms with Gasteiger partial charge in [-0.1, -0.05) is 13.8 Å². The van der Waals surface area contributed by atoms with Crippen molar-refractivity contribution in [3.8, 4) is 11.5 Å². The molecule has 0 bridgehead atoms. The minimum absolute atomic E-state index is 0. The summed E-state index contributed by atoms with van der Waals surface area (Å²) in [4.78, 5) is 0.